The van der Waals surface area contributed by atoms with Crippen LogP contribution in [-0.2, 0) is 16.0 Å². The maximum absolute atomic E-state index is 12.3. The SMILES string of the molecule is C[C@@H](NC(=O)Cc1ccc(N2CCCC2=O)cc1)c1cccc(Cl)c1. The summed E-state index contributed by atoms with van der Waals surface area (Å²) in [6, 6.07) is 15.0. The molecule has 2 aromatic carbocycles. The molecule has 4 nitrogen and oxygen atoms in total. The van der Waals surface area contributed by atoms with Crippen molar-refractivity contribution in [2.24, 2.45) is 0 Å². The summed E-state index contributed by atoms with van der Waals surface area (Å²) in [6.07, 6.45) is 1.83. The lowest BCUT2D eigenvalue weighted by atomic mass is 10.1. The number of anilines is 1. The number of amides is 2. The van der Waals surface area contributed by atoms with E-state index in [1.54, 1.807) is 4.90 Å². The summed E-state index contributed by atoms with van der Waals surface area (Å²) in [6.45, 7) is 2.71. The highest BCUT2D eigenvalue weighted by Gasteiger charge is 2.21. The predicted octanol–water partition coefficient (Wildman–Crippen LogP) is 3.89. The van der Waals surface area contributed by atoms with Gasteiger partial charge in [0, 0.05) is 23.7 Å². The first-order valence-electron chi connectivity index (χ1n) is 8.47. The summed E-state index contributed by atoms with van der Waals surface area (Å²) < 4.78 is 0. The average molecular weight is 357 g/mol. The van der Waals surface area contributed by atoms with Gasteiger partial charge >= 0.3 is 0 Å². The minimum Gasteiger partial charge on any atom is -0.349 e. The summed E-state index contributed by atoms with van der Waals surface area (Å²) in [5.74, 6) is 0.123. The van der Waals surface area contributed by atoms with E-state index in [9.17, 15) is 9.59 Å². The van der Waals surface area contributed by atoms with Crippen LogP contribution in [0.2, 0.25) is 5.02 Å². The van der Waals surface area contributed by atoms with Crippen LogP contribution in [0, 0.1) is 0 Å². The van der Waals surface area contributed by atoms with Crippen LogP contribution in [0.1, 0.15) is 36.9 Å². The molecule has 0 aliphatic carbocycles. The standard InChI is InChI=1S/C20H21ClN2O2/c1-14(16-4-2-5-17(21)13-16)22-19(24)12-15-7-9-18(10-8-15)23-11-3-6-20(23)25/h2,4-5,7-10,13-14H,3,6,11-12H2,1H3,(H,22,24)/t14-/m1/s1. The molecule has 1 N–H and O–H groups in total. The highest BCUT2D eigenvalue weighted by molar-refractivity contribution is 6.30. The number of nitrogens with zero attached hydrogens (tertiary/aromatic N) is 1. The lowest BCUT2D eigenvalue weighted by Crippen LogP contribution is -2.28. The zero-order valence-electron chi connectivity index (χ0n) is 14.2. The molecule has 0 aromatic heterocycles. The minimum atomic E-state index is -0.104. The van der Waals surface area contributed by atoms with E-state index >= 15 is 0 Å². The topological polar surface area (TPSA) is 49.4 Å². The quantitative estimate of drug-likeness (QED) is 0.883. The van der Waals surface area contributed by atoms with Crippen LogP contribution < -0.4 is 10.2 Å². The molecule has 1 aliphatic heterocycles. The van der Waals surface area contributed by atoms with Gasteiger partial charge in [-0.15, -0.1) is 0 Å². The summed E-state index contributed by atoms with van der Waals surface area (Å²) in [7, 11) is 0. The molecule has 130 valence electrons. The predicted molar refractivity (Wildman–Crippen MR) is 99.7 cm³/mol. The minimum absolute atomic E-state index is 0.0440. The molecular formula is C20H21ClN2O2. The molecule has 0 spiro atoms. The summed E-state index contributed by atoms with van der Waals surface area (Å²) in [4.78, 5) is 25.8. The molecule has 0 unspecified atom stereocenters. The molecule has 25 heavy (non-hydrogen) atoms. The van der Waals surface area contributed by atoms with E-state index in [4.69, 9.17) is 11.6 Å². The molecule has 1 fully saturated rings. The molecule has 1 atom stereocenters. The molecule has 3 rings (SSSR count). The summed E-state index contributed by atoms with van der Waals surface area (Å²) in [5, 5.41) is 3.64. The van der Waals surface area contributed by atoms with Gasteiger partial charge in [0.25, 0.3) is 0 Å². The van der Waals surface area contributed by atoms with Gasteiger partial charge in [-0.05, 0) is 48.7 Å². The normalized spacial score (nSPS) is 15.3. The lowest BCUT2D eigenvalue weighted by Gasteiger charge is -2.17. The average Bonchev–Trinajstić information content (AvgIpc) is 3.01. The van der Waals surface area contributed by atoms with Gasteiger partial charge in [-0.2, -0.15) is 0 Å². The van der Waals surface area contributed by atoms with Crippen molar-refractivity contribution in [3.8, 4) is 0 Å². The van der Waals surface area contributed by atoms with Gasteiger partial charge in [-0.3, -0.25) is 9.59 Å². The van der Waals surface area contributed by atoms with Crippen LogP contribution in [-0.4, -0.2) is 18.4 Å². The molecular weight excluding hydrogens is 336 g/mol. The number of carbonyl (C=O) groups is 2. The lowest BCUT2D eigenvalue weighted by molar-refractivity contribution is -0.121. The van der Waals surface area contributed by atoms with Crippen LogP contribution in [0.4, 0.5) is 5.69 Å². The van der Waals surface area contributed by atoms with Gasteiger partial charge in [-0.1, -0.05) is 35.9 Å². The molecule has 0 radical (unpaired) electrons. The largest absolute Gasteiger partial charge is 0.349 e. The Morgan fingerprint density at radius 2 is 2.00 bits per heavy atom. The molecule has 0 saturated carbocycles. The molecule has 1 heterocycles. The van der Waals surface area contributed by atoms with E-state index in [0.29, 0.717) is 17.9 Å². The number of carbonyl (C=O) groups excluding carboxylic acids is 2. The van der Waals surface area contributed by atoms with E-state index in [0.717, 1.165) is 29.8 Å². The van der Waals surface area contributed by atoms with Gasteiger partial charge in [-0.25, -0.2) is 0 Å². The Labute approximate surface area is 152 Å². The number of nitrogens with one attached hydrogen (secondary N) is 1. The Balaban J connectivity index is 1.58. The molecule has 2 aromatic rings. The smallest absolute Gasteiger partial charge is 0.227 e. The Morgan fingerprint density at radius 3 is 2.64 bits per heavy atom. The molecule has 0 bridgehead atoms. The Morgan fingerprint density at radius 1 is 1.24 bits per heavy atom. The van der Waals surface area contributed by atoms with Gasteiger partial charge in [0.05, 0.1) is 12.5 Å². The number of benzene rings is 2. The maximum Gasteiger partial charge on any atom is 0.227 e. The first-order chi connectivity index (χ1) is 12.0. The highest BCUT2D eigenvalue weighted by atomic mass is 35.5. The van der Waals surface area contributed by atoms with E-state index in [1.807, 2.05) is 55.5 Å². The van der Waals surface area contributed by atoms with Crippen molar-refractivity contribution in [3.05, 3.63) is 64.7 Å². The zero-order valence-corrected chi connectivity index (χ0v) is 14.9. The number of rotatable bonds is 5. The van der Waals surface area contributed by atoms with Crippen LogP contribution in [0.25, 0.3) is 0 Å². The van der Waals surface area contributed by atoms with Crippen molar-refractivity contribution in [2.45, 2.75) is 32.2 Å². The van der Waals surface area contributed by atoms with E-state index in [1.165, 1.54) is 0 Å². The zero-order chi connectivity index (χ0) is 17.8. The third kappa shape index (κ3) is 4.40. The second-order valence-corrected chi connectivity index (χ2v) is 6.77. The summed E-state index contributed by atoms with van der Waals surface area (Å²) in [5.41, 5.74) is 2.80. The third-order valence-corrected chi connectivity index (χ3v) is 4.65. The van der Waals surface area contributed by atoms with E-state index < -0.39 is 0 Å². The van der Waals surface area contributed by atoms with E-state index in [2.05, 4.69) is 5.32 Å². The molecule has 1 saturated heterocycles. The van der Waals surface area contributed by atoms with Gasteiger partial charge in [0.15, 0.2) is 0 Å². The van der Waals surface area contributed by atoms with Crippen LogP contribution in [0.5, 0.6) is 0 Å². The van der Waals surface area contributed by atoms with Gasteiger partial charge in [0.1, 0.15) is 0 Å². The summed E-state index contributed by atoms with van der Waals surface area (Å²) >= 11 is 5.99. The number of halogens is 1. The molecule has 5 heteroatoms. The Kier molecular flexibility index (Phi) is 5.39. The van der Waals surface area contributed by atoms with Crippen LogP contribution in [0.3, 0.4) is 0 Å². The second kappa shape index (κ2) is 7.70. The fraction of sp³-hybridized carbons (Fsp3) is 0.300. The fourth-order valence-corrected chi connectivity index (χ4v) is 3.25. The molecule has 2 amide bonds. The maximum atomic E-state index is 12.3. The van der Waals surface area contributed by atoms with E-state index in [-0.39, 0.29) is 17.9 Å². The van der Waals surface area contributed by atoms with Crippen molar-refractivity contribution in [2.75, 3.05) is 11.4 Å². The second-order valence-electron chi connectivity index (χ2n) is 6.34. The van der Waals surface area contributed by atoms with Gasteiger partial charge in [0.2, 0.25) is 11.8 Å². The van der Waals surface area contributed by atoms with Crippen molar-refractivity contribution >= 4 is 29.1 Å². The number of hydrogen-bond acceptors (Lipinski definition) is 2. The van der Waals surface area contributed by atoms with Crippen molar-refractivity contribution < 1.29 is 9.59 Å². The third-order valence-electron chi connectivity index (χ3n) is 4.41. The molecule has 1 aliphatic rings. The van der Waals surface area contributed by atoms with Crippen molar-refractivity contribution in [1.82, 2.24) is 5.32 Å². The highest BCUT2D eigenvalue weighted by Crippen LogP contribution is 2.22. The first kappa shape index (κ1) is 17.5. The van der Waals surface area contributed by atoms with Crippen LogP contribution >= 0.6 is 11.6 Å². The van der Waals surface area contributed by atoms with Crippen LogP contribution in [0.15, 0.2) is 48.5 Å². The monoisotopic (exact) mass is 356 g/mol. The Hall–Kier alpha value is -2.33. The first-order valence-corrected chi connectivity index (χ1v) is 8.85. The number of hydrogen-bond donors (Lipinski definition) is 1. The van der Waals surface area contributed by atoms with Crippen molar-refractivity contribution in [1.29, 1.82) is 0 Å². The Bertz CT molecular complexity index is 774. The van der Waals surface area contributed by atoms with Crippen molar-refractivity contribution in [3.63, 3.8) is 0 Å². The fourth-order valence-electron chi connectivity index (χ4n) is 3.05. The van der Waals surface area contributed by atoms with Gasteiger partial charge < -0.3 is 10.2 Å².